The van der Waals surface area contributed by atoms with Gasteiger partial charge in [-0.3, -0.25) is 0 Å². The molecule has 3 heterocycles. The van der Waals surface area contributed by atoms with Gasteiger partial charge in [0.1, 0.15) is 0 Å². The molecule has 0 aliphatic heterocycles. The summed E-state index contributed by atoms with van der Waals surface area (Å²) in [6.45, 7) is 0. The number of aromatic nitrogens is 5. The van der Waals surface area contributed by atoms with Gasteiger partial charge in [0.25, 0.3) is 0 Å². The van der Waals surface area contributed by atoms with Crippen LogP contribution in [-0.2, 0) is 0 Å². The molecule has 7 heteroatoms. The van der Waals surface area contributed by atoms with Crippen molar-refractivity contribution in [1.29, 1.82) is 10.5 Å². The van der Waals surface area contributed by atoms with Crippen molar-refractivity contribution in [2.24, 2.45) is 0 Å². The molecule has 0 atom stereocenters. The Morgan fingerprint density at radius 2 is 0.717 bits per heavy atom. The number of nitriles is 2. The van der Waals surface area contributed by atoms with Crippen LogP contribution in [-0.4, -0.2) is 24.1 Å². The first-order valence-electron chi connectivity index (χ1n) is 19.6. The summed E-state index contributed by atoms with van der Waals surface area (Å²) in [6, 6.07) is 67.9. The highest BCUT2D eigenvalue weighted by Gasteiger charge is 2.23. The van der Waals surface area contributed by atoms with Crippen molar-refractivity contribution in [3.63, 3.8) is 0 Å². The van der Waals surface area contributed by atoms with Crippen molar-refractivity contribution >= 4 is 43.6 Å². The fourth-order valence-corrected chi connectivity index (χ4v) is 8.54. The quantitative estimate of drug-likeness (QED) is 0.168. The van der Waals surface area contributed by atoms with Crippen molar-refractivity contribution in [2.45, 2.75) is 0 Å². The number of para-hydroxylation sites is 4. The van der Waals surface area contributed by atoms with Crippen LogP contribution in [0.5, 0.6) is 0 Å². The number of rotatable bonds is 6. The van der Waals surface area contributed by atoms with Crippen molar-refractivity contribution < 1.29 is 0 Å². The van der Waals surface area contributed by atoms with Gasteiger partial charge in [-0.25, -0.2) is 15.0 Å². The zero-order chi connectivity index (χ0) is 40.2. The molecule has 0 spiro atoms. The molecule has 8 aromatic carbocycles. The average molecular weight is 766 g/mol. The third-order valence-electron chi connectivity index (χ3n) is 11.2. The van der Waals surface area contributed by atoms with Crippen LogP contribution >= 0.6 is 0 Å². The third-order valence-corrected chi connectivity index (χ3v) is 11.2. The predicted octanol–water partition coefficient (Wildman–Crippen LogP) is 12.5. The number of hydrogen-bond donors (Lipinski definition) is 0. The van der Waals surface area contributed by atoms with E-state index in [4.69, 9.17) is 15.0 Å². The van der Waals surface area contributed by atoms with Crippen LogP contribution in [0.1, 0.15) is 11.1 Å². The maximum Gasteiger partial charge on any atom is 0.166 e. The highest BCUT2D eigenvalue weighted by atomic mass is 15.1. The van der Waals surface area contributed by atoms with Crippen LogP contribution in [0.4, 0.5) is 0 Å². The van der Waals surface area contributed by atoms with Crippen LogP contribution in [0.2, 0.25) is 0 Å². The van der Waals surface area contributed by atoms with Crippen molar-refractivity contribution in [1.82, 2.24) is 24.1 Å². The van der Waals surface area contributed by atoms with E-state index in [1.165, 1.54) is 0 Å². The Balaban J connectivity index is 1.23. The molecular weight excluding hydrogens is 735 g/mol. The van der Waals surface area contributed by atoms with E-state index in [9.17, 15) is 10.5 Å². The first-order chi connectivity index (χ1) is 29.7. The molecule has 0 unspecified atom stereocenters. The highest BCUT2D eigenvalue weighted by molar-refractivity contribution is 6.11. The summed E-state index contributed by atoms with van der Waals surface area (Å²) >= 11 is 0. The van der Waals surface area contributed by atoms with Crippen molar-refractivity contribution in [2.75, 3.05) is 0 Å². The molecule has 0 fully saturated rings. The Labute approximate surface area is 345 Å². The second-order valence-electron chi connectivity index (χ2n) is 14.7. The normalized spacial score (nSPS) is 11.3. The standard InChI is InChI=1S/C53H31N7/c54-32-34-25-27-49(59-45-21-8-4-17-39(45)40-18-5-9-22-46(40)59)43(29-34)52-56-51(38-16-12-15-37(31-38)36-13-2-1-3-14-36)57-53(58-52)44-30-35(33-55)26-28-50(44)60-47-23-10-6-19-41(47)42-20-7-11-24-48(42)60/h1-31H. The first-order valence-corrected chi connectivity index (χ1v) is 19.6. The van der Waals surface area contributed by atoms with Gasteiger partial charge in [0.2, 0.25) is 0 Å². The van der Waals surface area contributed by atoms with Gasteiger partial charge in [-0.05, 0) is 77.9 Å². The molecule has 0 bridgehead atoms. The van der Waals surface area contributed by atoms with Crippen LogP contribution < -0.4 is 0 Å². The second-order valence-corrected chi connectivity index (χ2v) is 14.7. The molecule has 0 amide bonds. The van der Waals surface area contributed by atoms with Crippen molar-refractivity contribution in [3.8, 4) is 68.8 Å². The summed E-state index contributed by atoms with van der Waals surface area (Å²) in [5.41, 5.74) is 10.9. The molecule has 7 nitrogen and oxygen atoms in total. The third kappa shape index (κ3) is 5.61. The Hall–Kier alpha value is -8.65. The number of benzene rings is 8. The highest BCUT2D eigenvalue weighted by Crippen LogP contribution is 2.39. The van der Waals surface area contributed by atoms with Crippen LogP contribution in [0.25, 0.3) is 100 Å². The maximum absolute atomic E-state index is 10.3. The van der Waals surface area contributed by atoms with Gasteiger partial charge in [-0.15, -0.1) is 0 Å². The van der Waals surface area contributed by atoms with E-state index in [-0.39, 0.29) is 0 Å². The zero-order valence-corrected chi connectivity index (χ0v) is 32.0. The van der Waals surface area contributed by atoms with E-state index >= 15 is 0 Å². The zero-order valence-electron chi connectivity index (χ0n) is 32.0. The fourth-order valence-electron chi connectivity index (χ4n) is 8.54. The van der Waals surface area contributed by atoms with Crippen LogP contribution in [0.3, 0.4) is 0 Å². The van der Waals surface area contributed by atoms with E-state index in [0.29, 0.717) is 39.7 Å². The van der Waals surface area contributed by atoms with Crippen molar-refractivity contribution in [3.05, 3.63) is 199 Å². The Bertz CT molecular complexity index is 3280. The lowest BCUT2D eigenvalue weighted by atomic mass is 10.0. The summed E-state index contributed by atoms with van der Waals surface area (Å²) in [5.74, 6) is 1.24. The first kappa shape index (κ1) is 34.6. The Morgan fingerprint density at radius 3 is 1.17 bits per heavy atom. The summed E-state index contributed by atoms with van der Waals surface area (Å²) < 4.78 is 4.44. The predicted molar refractivity (Wildman–Crippen MR) is 240 cm³/mol. The number of hydrogen-bond acceptors (Lipinski definition) is 5. The summed E-state index contributed by atoms with van der Waals surface area (Å²) in [7, 11) is 0. The molecular formula is C53H31N7. The number of fused-ring (bicyclic) bond motifs is 6. The van der Waals surface area contributed by atoms with E-state index in [1.54, 1.807) is 0 Å². The molecule has 3 aromatic heterocycles. The van der Waals surface area contributed by atoms with Gasteiger partial charge in [-0.2, -0.15) is 10.5 Å². The second kappa shape index (κ2) is 14.1. The molecule has 0 saturated heterocycles. The van der Waals surface area contributed by atoms with Crippen LogP contribution in [0.15, 0.2) is 188 Å². The molecule has 0 aliphatic carbocycles. The molecule has 11 aromatic rings. The van der Waals surface area contributed by atoms with E-state index in [1.807, 2.05) is 91.0 Å². The lowest BCUT2D eigenvalue weighted by Gasteiger charge is -2.17. The number of nitrogens with zero attached hydrogens (tertiary/aromatic N) is 7. The van der Waals surface area contributed by atoms with Gasteiger partial charge < -0.3 is 9.13 Å². The molecule has 278 valence electrons. The average Bonchev–Trinajstić information content (AvgIpc) is 3.84. The minimum Gasteiger partial charge on any atom is -0.309 e. The largest absolute Gasteiger partial charge is 0.309 e. The van der Waals surface area contributed by atoms with E-state index in [2.05, 4.69) is 118 Å². The smallest absolute Gasteiger partial charge is 0.166 e. The Kier molecular flexibility index (Phi) is 8.11. The van der Waals surface area contributed by atoms with Gasteiger partial charge in [0, 0.05) is 38.2 Å². The fraction of sp³-hybridized carbons (Fsp3) is 0. The molecule has 11 rings (SSSR count). The summed E-state index contributed by atoms with van der Waals surface area (Å²) in [4.78, 5) is 15.8. The summed E-state index contributed by atoms with van der Waals surface area (Å²) in [5, 5.41) is 25.1. The topological polar surface area (TPSA) is 96.1 Å². The minimum absolute atomic E-state index is 0.393. The van der Waals surface area contributed by atoms with Gasteiger partial charge in [0.05, 0.1) is 56.7 Å². The SMILES string of the molecule is N#Cc1ccc(-n2c3ccccc3c3ccccc32)c(-c2nc(-c3cccc(-c4ccccc4)c3)nc(-c3cc(C#N)ccc3-n3c4ccccc4c4ccccc43)n2)c1. The lowest BCUT2D eigenvalue weighted by molar-refractivity contribution is 1.06. The van der Waals surface area contributed by atoms with Gasteiger partial charge >= 0.3 is 0 Å². The molecule has 0 saturated carbocycles. The lowest BCUT2D eigenvalue weighted by Crippen LogP contribution is -2.06. The molecule has 0 aliphatic rings. The molecule has 0 N–H and O–H groups in total. The van der Waals surface area contributed by atoms with E-state index < -0.39 is 0 Å². The van der Waals surface area contributed by atoms with E-state index in [0.717, 1.165) is 71.7 Å². The van der Waals surface area contributed by atoms with Gasteiger partial charge in [-0.1, -0.05) is 121 Å². The summed E-state index contributed by atoms with van der Waals surface area (Å²) in [6.07, 6.45) is 0. The Morgan fingerprint density at radius 1 is 0.333 bits per heavy atom. The monoisotopic (exact) mass is 765 g/mol. The maximum atomic E-state index is 10.3. The van der Waals surface area contributed by atoms with Gasteiger partial charge in [0.15, 0.2) is 17.5 Å². The molecule has 60 heavy (non-hydrogen) atoms. The van der Waals surface area contributed by atoms with Crippen LogP contribution in [0, 0.1) is 22.7 Å². The minimum atomic E-state index is 0.393. The molecule has 0 radical (unpaired) electrons.